The molecule has 1 heterocycles. The Bertz CT molecular complexity index is 464. The van der Waals surface area contributed by atoms with E-state index in [0.717, 1.165) is 10.1 Å². The van der Waals surface area contributed by atoms with E-state index in [9.17, 15) is 5.11 Å². The Morgan fingerprint density at radius 3 is 2.93 bits per heavy atom. The lowest BCUT2D eigenvalue weighted by Crippen LogP contribution is -1.90. The molecule has 2 rings (SSSR count). The average Bonchev–Trinajstić information content (AvgIpc) is 2.45. The minimum Gasteiger partial charge on any atom is -0.504 e. The van der Waals surface area contributed by atoms with Gasteiger partial charge in [-0.3, -0.25) is 0 Å². The molecule has 4 heteroatoms. The van der Waals surface area contributed by atoms with Gasteiger partial charge >= 0.3 is 0 Å². The van der Waals surface area contributed by atoms with Gasteiger partial charge in [-0.05, 0) is 47.0 Å². The van der Waals surface area contributed by atoms with Gasteiger partial charge in [-0.25, -0.2) is 0 Å². The molecule has 1 N–H and O–H groups in total. The van der Waals surface area contributed by atoms with Crippen LogP contribution in [0.3, 0.4) is 0 Å². The molecule has 0 radical (unpaired) electrons. The van der Waals surface area contributed by atoms with Gasteiger partial charge in [0.25, 0.3) is 0 Å². The number of phenolic OH excluding ortho intramolecular Hbond substituents is 1. The second-order valence-electron chi connectivity index (χ2n) is 2.84. The molecular formula is C10H9IO2S. The molecule has 0 aliphatic heterocycles. The summed E-state index contributed by atoms with van der Waals surface area (Å²) in [6.07, 6.45) is 0. The van der Waals surface area contributed by atoms with Crippen LogP contribution in [-0.4, -0.2) is 11.7 Å². The van der Waals surface area contributed by atoms with E-state index < -0.39 is 0 Å². The standard InChI is InChI=1S/C10H9IO2S/c1-2-13-8-5-9-6(3-7(8)12)4-10(11)14-9/h3-5,12H,2H2,1H3. The van der Waals surface area contributed by atoms with E-state index in [2.05, 4.69) is 28.7 Å². The monoisotopic (exact) mass is 320 g/mol. The number of hydrogen-bond donors (Lipinski definition) is 1. The number of hydrogen-bond acceptors (Lipinski definition) is 3. The Balaban J connectivity index is 2.58. The maximum absolute atomic E-state index is 9.63. The van der Waals surface area contributed by atoms with Crippen molar-refractivity contribution in [1.29, 1.82) is 0 Å². The van der Waals surface area contributed by atoms with Crippen LogP contribution in [0.1, 0.15) is 6.92 Å². The molecular weight excluding hydrogens is 311 g/mol. The summed E-state index contributed by atoms with van der Waals surface area (Å²) in [5.74, 6) is 0.784. The van der Waals surface area contributed by atoms with Gasteiger partial charge in [0.2, 0.25) is 0 Å². The molecule has 0 bridgehead atoms. The van der Waals surface area contributed by atoms with Gasteiger partial charge in [-0.1, -0.05) is 0 Å². The smallest absolute Gasteiger partial charge is 0.162 e. The summed E-state index contributed by atoms with van der Waals surface area (Å²) >= 11 is 3.97. The predicted octanol–water partition coefficient (Wildman–Crippen LogP) is 3.61. The fourth-order valence-electron chi connectivity index (χ4n) is 1.29. The first-order valence-electron chi connectivity index (χ1n) is 4.25. The van der Waals surface area contributed by atoms with Gasteiger partial charge < -0.3 is 9.84 Å². The first-order chi connectivity index (χ1) is 6.70. The fourth-order valence-corrected chi connectivity index (χ4v) is 3.14. The van der Waals surface area contributed by atoms with E-state index in [1.54, 1.807) is 17.4 Å². The number of rotatable bonds is 2. The molecule has 14 heavy (non-hydrogen) atoms. The Kier molecular flexibility index (Phi) is 2.83. The van der Waals surface area contributed by atoms with Gasteiger partial charge in [-0.2, -0.15) is 0 Å². The van der Waals surface area contributed by atoms with Crippen molar-refractivity contribution in [3.8, 4) is 11.5 Å². The highest BCUT2D eigenvalue weighted by Crippen LogP contribution is 2.36. The lowest BCUT2D eigenvalue weighted by molar-refractivity contribution is 0.319. The quantitative estimate of drug-likeness (QED) is 0.857. The zero-order valence-electron chi connectivity index (χ0n) is 7.58. The molecule has 1 aromatic heterocycles. The van der Waals surface area contributed by atoms with Crippen LogP contribution in [-0.2, 0) is 0 Å². The number of fused-ring (bicyclic) bond motifs is 1. The minimum absolute atomic E-state index is 0.216. The summed E-state index contributed by atoms with van der Waals surface area (Å²) in [5.41, 5.74) is 0. The Morgan fingerprint density at radius 1 is 1.43 bits per heavy atom. The first kappa shape index (κ1) is 10.0. The topological polar surface area (TPSA) is 29.5 Å². The van der Waals surface area contributed by atoms with Crippen molar-refractivity contribution in [3.05, 3.63) is 21.1 Å². The highest BCUT2D eigenvalue weighted by Gasteiger charge is 2.06. The molecule has 0 saturated heterocycles. The third-order valence-corrected chi connectivity index (χ3v) is 3.73. The number of halogens is 1. The van der Waals surface area contributed by atoms with Gasteiger partial charge in [0.05, 0.1) is 9.49 Å². The van der Waals surface area contributed by atoms with Gasteiger partial charge in [0, 0.05) is 10.8 Å². The second kappa shape index (κ2) is 3.94. The van der Waals surface area contributed by atoms with Crippen molar-refractivity contribution in [3.63, 3.8) is 0 Å². The average molecular weight is 320 g/mol. The van der Waals surface area contributed by atoms with Crippen LogP contribution in [0.2, 0.25) is 0 Å². The minimum atomic E-state index is 0.216. The number of aromatic hydroxyl groups is 1. The van der Waals surface area contributed by atoms with E-state index in [1.165, 1.54) is 2.88 Å². The van der Waals surface area contributed by atoms with Crippen molar-refractivity contribution >= 4 is 44.0 Å². The number of phenols is 1. The van der Waals surface area contributed by atoms with Crippen molar-refractivity contribution < 1.29 is 9.84 Å². The lowest BCUT2D eigenvalue weighted by atomic mass is 10.2. The molecule has 0 atom stereocenters. The highest BCUT2D eigenvalue weighted by atomic mass is 127. The Hall–Kier alpha value is -0.490. The van der Waals surface area contributed by atoms with Crippen LogP contribution in [0, 0.1) is 2.88 Å². The van der Waals surface area contributed by atoms with Crippen LogP contribution in [0.25, 0.3) is 10.1 Å². The molecule has 0 aliphatic rings. The third kappa shape index (κ3) is 1.81. The SMILES string of the molecule is CCOc1cc2sc(I)cc2cc1O. The van der Waals surface area contributed by atoms with Gasteiger partial charge in [-0.15, -0.1) is 11.3 Å². The molecule has 0 saturated carbocycles. The number of benzene rings is 1. The van der Waals surface area contributed by atoms with Gasteiger partial charge in [0.15, 0.2) is 11.5 Å². The summed E-state index contributed by atoms with van der Waals surface area (Å²) in [4.78, 5) is 0. The van der Waals surface area contributed by atoms with E-state index in [0.29, 0.717) is 12.4 Å². The zero-order valence-corrected chi connectivity index (χ0v) is 10.6. The Morgan fingerprint density at radius 2 is 2.21 bits per heavy atom. The van der Waals surface area contributed by atoms with Gasteiger partial charge in [0.1, 0.15) is 0 Å². The molecule has 2 aromatic rings. The van der Waals surface area contributed by atoms with E-state index in [1.807, 2.05) is 13.0 Å². The maximum atomic E-state index is 9.63. The molecule has 0 amide bonds. The van der Waals surface area contributed by atoms with Crippen LogP contribution in [0.5, 0.6) is 11.5 Å². The predicted molar refractivity (Wildman–Crippen MR) is 67.4 cm³/mol. The molecule has 0 aliphatic carbocycles. The van der Waals surface area contributed by atoms with Crippen LogP contribution in [0.4, 0.5) is 0 Å². The summed E-state index contributed by atoms with van der Waals surface area (Å²) in [5, 5.41) is 10.7. The first-order valence-corrected chi connectivity index (χ1v) is 6.15. The van der Waals surface area contributed by atoms with Crippen molar-refractivity contribution in [2.75, 3.05) is 6.61 Å². The Labute approximate surface area is 99.7 Å². The third-order valence-electron chi connectivity index (χ3n) is 1.87. The number of thiophene rings is 1. The fraction of sp³-hybridized carbons (Fsp3) is 0.200. The lowest BCUT2D eigenvalue weighted by Gasteiger charge is -2.04. The summed E-state index contributed by atoms with van der Waals surface area (Å²) in [7, 11) is 0. The normalized spacial score (nSPS) is 10.7. The summed E-state index contributed by atoms with van der Waals surface area (Å²) in [6.45, 7) is 2.48. The van der Waals surface area contributed by atoms with Crippen molar-refractivity contribution in [1.82, 2.24) is 0 Å². The second-order valence-corrected chi connectivity index (χ2v) is 5.82. The maximum Gasteiger partial charge on any atom is 0.162 e. The van der Waals surface area contributed by atoms with Crippen LogP contribution >= 0.6 is 33.9 Å². The van der Waals surface area contributed by atoms with Crippen LogP contribution in [0.15, 0.2) is 18.2 Å². The van der Waals surface area contributed by atoms with Crippen LogP contribution < -0.4 is 4.74 Å². The van der Waals surface area contributed by atoms with E-state index >= 15 is 0 Å². The molecule has 0 unspecified atom stereocenters. The number of ether oxygens (including phenoxy) is 1. The highest BCUT2D eigenvalue weighted by molar-refractivity contribution is 14.1. The molecule has 0 spiro atoms. The van der Waals surface area contributed by atoms with Crippen molar-refractivity contribution in [2.45, 2.75) is 6.92 Å². The van der Waals surface area contributed by atoms with E-state index in [-0.39, 0.29) is 5.75 Å². The van der Waals surface area contributed by atoms with E-state index in [4.69, 9.17) is 4.74 Å². The molecule has 2 nitrogen and oxygen atoms in total. The summed E-state index contributed by atoms with van der Waals surface area (Å²) in [6, 6.07) is 5.69. The summed E-state index contributed by atoms with van der Waals surface area (Å²) < 4.78 is 7.67. The molecule has 1 aromatic carbocycles. The molecule has 0 fully saturated rings. The zero-order chi connectivity index (χ0) is 10.1. The van der Waals surface area contributed by atoms with Crippen molar-refractivity contribution in [2.24, 2.45) is 0 Å². The largest absolute Gasteiger partial charge is 0.504 e. The molecule has 74 valence electrons.